The van der Waals surface area contributed by atoms with Crippen molar-refractivity contribution in [1.29, 1.82) is 0 Å². The molecule has 0 aliphatic carbocycles. The number of alkyl halides is 9. The minimum absolute atomic E-state index is 0.0215. The van der Waals surface area contributed by atoms with E-state index in [4.69, 9.17) is 52.7 Å². The Balaban J connectivity index is 0.000000205. The summed E-state index contributed by atoms with van der Waals surface area (Å²) in [6, 6.07) is 15.0. The maximum absolute atomic E-state index is 12.8. The topological polar surface area (TPSA) is 140 Å². The molecule has 0 spiro atoms. The van der Waals surface area contributed by atoms with Gasteiger partial charge in [0.25, 0.3) is 0 Å². The highest BCUT2D eigenvalue weighted by Crippen LogP contribution is 2.45. The summed E-state index contributed by atoms with van der Waals surface area (Å²) in [5.74, 6) is -3.43. The molecule has 23 heteroatoms. The molecule has 3 aromatic heterocycles. The molecule has 3 heterocycles. The van der Waals surface area contributed by atoms with Crippen LogP contribution in [0.4, 0.5) is 39.5 Å². The predicted molar refractivity (Wildman–Crippen MR) is 214 cm³/mol. The molecule has 3 aromatic carbocycles. The van der Waals surface area contributed by atoms with Crippen LogP contribution >= 0.6 is 57.2 Å². The van der Waals surface area contributed by atoms with Gasteiger partial charge >= 0.3 is 36.4 Å². The van der Waals surface area contributed by atoms with E-state index in [9.17, 15) is 53.9 Å². The molecule has 0 fully saturated rings. The van der Waals surface area contributed by atoms with Gasteiger partial charge in [-0.3, -0.25) is 0 Å². The first-order valence-electron chi connectivity index (χ1n) is 16.6. The van der Waals surface area contributed by atoms with E-state index in [1.54, 1.807) is 34.3 Å². The Hall–Kier alpha value is -5.48. The lowest BCUT2D eigenvalue weighted by Gasteiger charge is -2.13. The van der Waals surface area contributed by atoms with Crippen LogP contribution in [-0.2, 0) is 32.9 Å². The lowest BCUT2D eigenvalue weighted by molar-refractivity contribution is -0.140. The van der Waals surface area contributed by atoms with Crippen molar-refractivity contribution in [3.63, 3.8) is 0 Å². The van der Waals surface area contributed by atoms with E-state index in [-0.39, 0.29) is 43.8 Å². The maximum Gasteiger partial charge on any atom is 0.416 e. The van der Waals surface area contributed by atoms with Gasteiger partial charge in [0.05, 0.1) is 21.0 Å². The number of aliphatic carboxylic acids is 3. The Morgan fingerprint density at radius 2 is 0.984 bits per heavy atom. The summed E-state index contributed by atoms with van der Waals surface area (Å²) >= 11 is 15.3. The predicted octanol–water partition coefficient (Wildman–Crippen LogP) is 13.0. The third-order valence-electron chi connectivity index (χ3n) is 7.54. The van der Waals surface area contributed by atoms with Gasteiger partial charge in [0.15, 0.2) is 19.8 Å². The summed E-state index contributed by atoms with van der Waals surface area (Å²) in [4.78, 5) is 32.1. The molecule has 6 rings (SSSR count). The van der Waals surface area contributed by atoms with E-state index in [1.165, 1.54) is 28.7 Å². The standard InChI is InChI=1S/C13H7Cl2F3O3S.2C13H9F3O3S/c14-10-4-8(12(15)22-10)7-3-6(13(16,17)18)1-2-9(7)21-5-11(19)20;14-13(15,16)9-1-2-11(19-6-12(17)18)10(5-9)8-3-4-20-7-8;14-13(15,16)8-3-4-10(19-7-12(17)18)9(6-8)11-2-1-5-20-11/h1-4H,5H2,(H,19,20);1-5,7H,6H2,(H,17,18);1-6H,7H2,(H,17,18). The molecule has 0 unspecified atom stereocenters. The first-order chi connectivity index (χ1) is 28.9. The van der Waals surface area contributed by atoms with E-state index in [0.717, 1.165) is 65.9 Å². The number of rotatable bonds is 12. The summed E-state index contributed by atoms with van der Waals surface area (Å²) in [7, 11) is 0. The van der Waals surface area contributed by atoms with Gasteiger partial charge in [-0.25, -0.2) is 14.4 Å². The number of thiophene rings is 3. The highest BCUT2D eigenvalue weighted by molar-refractivity contribution is 7.20. The fraction of sp³-hybridized carbons (Fsp3) is 0.154. The minimum atomic E-state index is -4.55. The molecular formula is C39H25Cl2F9O9S3. The summed E-state index contributed by atoms with van der Waals surface area (Å²) in [5.41, 5.74) is -1.21. The van der Waals surface area contributed by atoms with Crippen molar-refractivity contribution >= 4 is 75.1 Å². The SMILES string of the molecule is O=C(O)COc1ccc(C(F)(F)F)cc1-c1cc(Cl)sc1Cl.O=C(O)COc1ccc(C(F)(F)F)cc1-c1cccs1.O=C(O)COc1ccc(C(F)(F)F)cc1-c1ccsc1. The van der Waals surface area contributed by atoms with Gasteiger partial charge < -0.3 is 29.5 Å². The summed E-state index contributed by atoms with van der Waals surface area (Å²) in [5, 5.41) is 30.9. The van der Waals surface area contributed by atoms with Crippen LogP contribution < -0.4 is 14.2 Å². The summed E-state index contributed by atoms with van der Waals surface area (Å²) in [6.07, 6.45) is -13.5. The van der Waals surface area contributed by atoms with Crippen LogP contribution in [-0.4, -0.2) is 53.0 Å². The number of carbonyl (C=O) groups is 3. The second-order valence-corrected chi connectivity index (χ2v) is 15.9. The van der Waals surface area contributed by atoms with Gasteiger partial charge in [-0.15, -0.1) is 22.7 Å². The van der Waals surface area contributed by atoms with Gasteiger partial charge in [-0.2, -0.15) is 50.9 Å². The Labute approximate surface area is 365 Å². The number of hydrogen-bond acceptors (Lipinski definition) is 9. The average Bonchev–Trinajstić information content (AvgIpc) is 3.98. The largest absolute Gasteiger partial charge is 0.481 e. The quantitative estimate of drug-likeness (QED) is 0.102. The fourth-order valence-corrected chi connectivity index (χ4v) is 7.81. The molecule has 0 radical (unpaired) electrons. The van der Waals surface area contributed by atoms with Gasteiger partial charge in [0.2, 0.25) is 0 Å². The number of ether oxygens (including phenoxy) is 3. The Morgan fingerprint density at radius 1 is 0.548 bits per heavy atom. The van der Waals surface area contributed by atoms with Crippen LogP contribution in [0, 0.1) is 0 Å². The molecule has 9 nitrogen and oxygen atoms in total. The van der Waals surface area contributed by atoms with Gasteiger partial charge in [0, 0.05) is 27.1 Å². The molecule has 0 aliphatic heterocycles. The summed E-state index contributed by atoms with van der Waals surface area (Å²) in [6.45, 7) is -1.90. The smallest absolute Gasteiger partial charge is 0.416 e. The Bertz CT molecular complexity index is 2360. The number of benzene rings is 3. The normalized spacial score (nSPS) is 11.4. The van der Waals surface area contributed by atoms with E-state index >= 15 is 0 Å². The zero-order chi connectivity index (χ0) is 46.0. The Kier molecular flexibility index (Phi) is 16.7. The first kappa shape index (κ1) is 49.2. The van der Waals surface area contributed by atoms with Crippen LogP contribution in [0.1, 0.15) is 16.7 Å². The third-order valence-corrected chi connectivity index (χ3v) is 10.6. The lowest BCUT2D eigenvalue weighted by atomic mass is 10.0. The van der Waals surface area contributed by atoms with Crippen LogP contribution in [0.15, 0.2) is 95.0 Å². The molecule has 330 valence electrons. The van der Waals surface area contributed by atoms with Gasteiger partial charge in [0.1, 0.15) is 21.6 Å². The highest BCUT2D eigenvalue weighted by atomic mass is 35.5. The van der Waals surface area contributed by atoms with Crippen molar-refractivity contribution in [2.45, 2.75) is 18.5 Å². The van der Waals surface area contributed by atoms with Crippen molar-refractivity contribution in [3.05, 3.63) is 120 Å². The zero-order valence-corrected chi connectivity index (χ0v) is 34.5. The van der Waals surface area contributed by atoms with Crippen LogP contribution in [0.3, 0.4) is 0 Å². The maximum atomic E-state index is 12.8. The van der Waals surface area contributed by atoms with Crippen LogP contribution in [0.25, 0.3) is 32.7 Å². The lowest BCUT2D eigenvalue weighted by Crippen LogP contribution is -2.11. The van der Waals surface area contributed by atoms with Crippen molar-refractivity contribution in [3.8, 4) is 49.9 Å². The Morgan fingerprint density at radius 3 is 1.35 bits per heavy atom. The third kappa shape index (κ3) is 14.3. The van der Waals surface area contributed by atoms with Crippen molar-refractivity contribution < 1.29 is 83.4 Å². The van der Waals surface area contributed by atoms with Crippen molar-refractivity contribution in [1.82, 2.24) is 0 Å². The molecule has 0 atom stereocenters. The molecule has 6 aromatic rings. The molecule has 0 saturated heterocycles. The number of carboxylic acids is 3. The molecule has 0 bridgehead atoms. The van der Waals surface area contributed by atoms with E-state index in [1.807, 2.05) is 0 Å². The first-order valence-corrected chi connectivity index (χ1v) is 20.0. The minimum Gasteiger partial charge on any atom is -0.481 e. The van der Waals surface area contributed by atoms with Crippen LogP contribution in [0.2, 0.25) is 8.67 Å². The molecule has 0 amide bonds. The monoisotopic (exact) mass is 974 g/mol. The highest BCUT2D eigenvalue weighted by Gasteiger charge is 2.33. The molecule has 62 heavy (non-hydrogen) atoms. The molecule has 3 N–H and O–H groups in total. The second-order valence-electron chi connectivity index (χ2n) is 11.9. The zero-order valence-electron chi connectivity index (χ0n) is 30.5. The summed E-state index contributed by atoms with van der Waals surface area (Å²) < 4.78 is 130. The molecule has 0 saturated carbocycles. The number of halogens is 11. The average molecular weight is 976 g/mol. The van der Waals surface area contributed by atoms with Crippen molar-refractivity contribution in [2.75, 3.05) is 19.8 Å². The van der Waals surface area contributed by atoms with Crippen LogP contribution in [0.5, 0.6) is 17.2 Å². The van der Waals surface area contributed by atoms with Gasteiger partial charge in [-0.1, -0.05) is 29.3 Å². The van der Waals surface area contributed by atoms with Gasteiger partial charge in [-0.05, 0) is 94.5 Å². The van der Waals surface area contributed by atoms with E-state index in [0.29, 0.717) is 14.8 Å². The number of hydrogen-bond donors (Lipinski definition) is 3. The van der Waals surface area contributed by atoms with Crippen molar-refractivity contribution in [2.24, 2.45) is 0 Å². The van der Waals surface area contributed by atoms with E-state index in [2.05, 4.69) is 0 Å². The van der Waals surface area contributed by atoms with E-state index < -0.39 is 72.9 Å². The molecular weight excluding hydrogens is 951 g/mol. The fourth-order valence-electron chi connectivity index (χ4n) is 4.92. The second kappa shape index (κ2) is 21.1. The number of carboxylic acid groups (broad SMARTS) is 3. The molecule has 0 aliphatic rings.